The van der Waals surface area contributed by atoms with Crippen LogP contribution in [0.1, 0.15) is 25.0 Å². The van der Waals surface area contributed by atoms with Gasteiger partial charge in [0.25, 0.3) is 11.6 Å². The van der Waals surface area contributed by atoms with Crippen molar-refractivity contribution in [2.24, 2.45) is 13.0 Å². The van der Waals surface area contributed by atoms with Crippen molar-refractivity contribution in [2.45, 2.75) is 27.2 Å². The molecule has 3 aromatic carbocycles. The van der Waals surface area contributed by atoms with Gasteiger partial charge >= 0.3 is 0 Å². The topological polar surface area (TPSA) is 26.0 Å². The van der Waals surface area contributed by atoms with Gasteiger partial charge in [-0.05, 0) is 47.9 Å². The normalized spacial score (nSPS) is 12.5. The van der Waals surface area contributed by atoms with E-state index in [-0.39, 0.29) is 0 Å². The molecular weight excluding hydrogens is 332 g/mol. The van der Waals surface area contributed by atoms with Crippen molar-refractivity contribution in [3.05, 3.63) is 59.7 Å². The van der Waals surface area contributed by atoms with E-state index < -0.39 is 0 Å². The van der Waals surface area contributed by atoms with E-state index in [0.29, 0.717) is 11.8 Å². The van der Waals surface area contributed by atoms with Crippen LogP contribution in [0, 0.1) is 12.8 Å². The number of benzene rings is 3. The molecule has 27 heavy (non-hydrogen) atoms. The summed E-state index contributed by atoms with van der Waals surface area (Å²) in [5.74, 6) is 2.21. The van der Waals surface area contributed by atoms with Crippen molar-refractivity contribution < 1.29 is 9.30 Å². The third kappa shape index (κ3) is 2.42. The number of rotatable bonds is 2. The first-order valence-corrected chi connectivity index (χ1v) is 9.56. The molecule has 1 aromatic heterocycles. The summed E-state index contributed by atoms with van der Waals surface area (Å²) in [4.78, 5) is 4.93. The van der Waals surface area contributed by atoms with E-state index in [2.05, 4.69) is 68.8 Å². The van der Waals surface area contributed by atoms with Crippen LogP contribution in [0.2, 0.25) is 0 Å². The van der Waals surface area contributed by atoms with E-state index in [1.165, 1.54) is 27.5 Å². The molecule has 0 bridgehead atoms. The highest BCUT2D eigenvalue weighted by molar-refractivity contribution is 6.03. The molecule has 0 spiro atoms. The fourth-order valence-electron chi connectivity index (χ4n) is 4.26. The zero-order valence-corrected chi connectivity index (χ0v) is 16.2. The van der Waals surface area contributed by atoms with E-state index in [4.69, 9.17) is 9.72 Å². The Morgan fingerprint density at radius 2 is 1.93 bits per heavy atom. The van der Waals surface area contributed by atoms with Gasteiger partial charge in [0, 0.05) is 11.5 Å². The Hall–Kier alpha value is -2.94. The Bertz CT molecular complexity index is 1220. The summed E-state index contributed by atoms with van der Waals surface area (Å²) in [5, 5.41) is 2.38. The van der Waals surface area contributed by atoms with Crippen LogP contribution in [0.25, 0.3) is 33.1 Å². The lowest BCUT2D eigenvalue weighted by molar-refractivity contribution is -0.634. The Labute approximate surface area is 159 Å². The fourth-order valence-corrected chi connectivity index (χ4v) is 4.26. The molecule has 0 saturated carbocycles. The van der Waals surface area contributed by atoms with E-state index >= 15 is 0 Å². The molecular formula is C24H23N2O+. The second kappa shape index (κ2) is 5.78. The van der Waals surface area contributed by atoms with E-state index in [0.717, 1.165) is 28.9 Å². The molecule has 0 atom stereocenters. The molecule has 5 rings (SSSR count). The van der Waals surface area contributed by atoms with Crippen LogP contribution in [0.15, 0.2) is 48.5 Å². The number of ether oxygens (including phenoxy) is 1. The molecule has 1 aliphatic heterocycles. The number of nitrogens with zero attached hydrogens (tertiary/aromatic N) is 2. The van der Waals surface area contributed by atoms with Crippen molar-refractivity contribution in [1.82, 2.24) is 4.98 Å². The summed E-state index contributed by atoms with van der Waals surface area (Å²) in [6.07, 6.45) is 1.06. The van der Waals surface area contributed by atoms with Crippen molar-refractivity contribution in [3.63, 3.8) is 0 Å². The predicted octanol–water partition coefficient (Wildman–Crippen LogP) is 5.49. The van der Waals surface area contributed by atoms with Crippen LogP contribution in [-0.4, -0.2) is 4.98 Å². The third-order valence-corrected chi connectivity index (χ3v) is 5.46. The summed E-state index contributed by atoms with van der Waals surface area (Å²) in [5.41, 5.74) is 6.96. The fraction of sp³-hybridized carbons (Fsp3) is 0.250. The van der Waals surface area contributed by atoms with Gasteiger partial charge in [0.15, 0.2) is 0 Å². The van der Waals surface area contributed by atoms with Gasteiger partial charge in [-0.2, -0.15) is 4.57 Å². The van der Waals surface area contributed by atoms with Crippen molar-refractivity contribution >= 4 is 21.8 Å². The first-order chi connectivity index (χ1) is 13.0. The van der Waals surface area contributed by atoms with Crippen LogP contribution in [0.5, 0.6) is 11.6 Å². The minimum atomic E-state index is 0.622. The van der Waals surface area contributed by atoms with E-state index in [1.54, 1.807) is 0 Å². The van der Waals surface area contributed by atoms with Crippen LogP contribution < -0.4 is 9.30 Å². The minimum absolute atomic E-state index is 0.622. The Kier molecular flexibility index (Phi) is 3.48. The maximum Gasteiger partial charge on any atom is 0.294 e. The summed E-state index contributed by atoms with van der Waals surface area (Å²) in [7, 11) is 2.11. The number of aromatic nitrogens is 2. The average molecular weight is 355 g/mol. The van der Waals surface area contributed by atoms with Gasteiger partial charge in [-0.3, -0.25) is 0 Å². The predicted molar refractivity (Wildman–Crippen MR) is 109 cm³/mol. The van der Waals surface area contributed by atoms with Crippen molar-refractivity contribution in [3.8, 4) is 22.9 Å². The maximum atomic E-state index is 6.28. The Morgan fingerprint density at radius 1 is 1.07 bits per heavy atom. The van der Waals surface area contributed by atoms with Crippen LogP contribution >= 0.6 is 0 Å². The molecule has 0 saturated heterocycles. The van der Waals surface area contributed by atoms with E-state index in [1.807, 2.05) is 12.1 Å². The molecule has 4 aromatic rings. The molecule has 134 valence electrons. The minimum Gasteiger partial charge on any atom is -0.433 e. The second-order valence-electron chi connectivity index (χ2n) is 7.96. The quantitative estimate of drug-likeness (QED) is 0.391. The molecule has 0 N–H and O–H groups in total. The molecule has 3 nitrogen and oxygen atoms in total. The van der Waals surface area contributed by atoms with Crippen molar-refractivity contribution in [2.75, 3.05) is 0 Å². The molecule has 0 radical (unpaired) electrons. The molecule has 0 unspecified atom stereocenters. The van der Waals surface area contributed by atoms with Gasteiger partial charge in [0.1, 0.15) is 18.3 Å². The van der Waals surface area contributed by atoms with Crippen LogP contribution in [0.4, 0.5) is 0 Å². The lowest BCUT2D eigenvalue weighted by atomic mass is 9.94. The summed E-state index contributed by atoms with van der Waals surface area (Å²) in [6.45, 7) is 6.65. The van der Waals surface area contributed by atoms with Gasteiger partial charge in [-0.25, -0.2) is 4.98 Å². The molecule has 0 amide bonds. The lowest BCUT2D eigenvalue weighted by Gasteiger charge is -2.20. The van der Waals surface area contributed by atoms with Gasteiger partial charge in [-0.15, -0.1) is 0 Å². The largest absolute Gasteiger partial charge is 0.433 e. The van der Waals surface area contributed by atoms with Crippen LogP contribution in [-0.2, 0) is 13.5 Å². The zero-order valence-electron chi connectivity index (χ0n) is 16.2. The monoisotopic (exact) mass is 355 g/mol. The zero-order chi connectivity index (χ0) is 18.7. The molecule has 0 aliphatic carbocycles. The van der Waals surface area contributed by atoms with Gasteiger partial charge in [-0.1, -0.05) is 44.2 Å². The number of hydrogen-bond acceptors (Lipinski definition) is 2. The molecule has 0 fully saturated rings. The smallest absolute Gasteiger partial charge is 0.294 e. The van der Waals surface area contributed by atoms with Gasteiger partial charge < -0.3 is 4.74 Å². The molecule has 3 heteroatoms. The SMILES string of the molecule is Cc1ccc2cccc3c2c1-c1c(nc2cc(CC(C)C)ccc2[n+]1C)O3. The first-order valence-electron chi connectivity index (χ1n) is 9.56. The van der Waals surface area contributed by atoms with Crippen molar-refractivity contribution in [1.29, 1.82) is 0 Å². The standard InChI is InChI=1S/C24H23N2O/c1-14(2)12-16-9-11-19-18(13-16)25-24-23(26(19)4)21-15(3)8-10-17-6-5-7-20(27-24)22(17)21/h5-11,13-14H,12H2,1-4H3/q+1. The Balaban J connectivity index is 1.83. The van der Waals surface area contributed by atoms with Crippen LogP contribution in [0.3, 0.4) is 0 Å². The summed E-state index contributed by atoms with van der Waals surface area (Å²) in [6, 6.07) is 17.2. The average Bonchev–Trinajstić information content (AvgIpc) is 2.63. The molecule has 2 heterocycles. The maximum absolute atomic E-state index is 6.28. The highest BCUT2D eigenvalue weighted by Crippen LogP contribution is 2.45. The summed E-state index contributed by atoms with van der Waals surface area (Å²) < 4.78 is 8.51. The van der Waals surface area contributed by atoms with Gasteiger partial charge in [0.2, 0.25) is 5.52 Å². The highest BCUT2D eigenvalue weighted by Gasteiger charge is 2.31. The summed E-state index contributed by atoms with van der Waals surface area (Å²) >= 11 is 0. The number of fused-ring (bicyclic) bond motifs is 3. The number of aryl methyl sites for hydroxylation is 2. The molecule has 1 aliphatic rings. The first kappa shape index (κ1) is 16.2. The Morgan fingerprint density at radius 3 is 2.74 bits per heavy atom. The highest BCUT2D eigenvalue weighted by atomic mass is 16.5. The third-order valence-electron chi connectivity index (χ3n) is 5.46. The number of hydrogen-bond donors (Lipinski definition) is 0. The van der Waals surface area contributed by atoms with Gasteiger partial charge in [0.05, 0.1) is 5.56 Å². The lowest BCUT2D eigenvalue weighted by Crippen LogP contribution is -2.34. The second-order valence-corrected chi connectivity index (χ2v) is 7.96. The van der Waals surface area contributed by atoms with E-state index in [9.17, 15) is 0 Å².